The molecule has 3 aliphatic carbocycles. The zero-order chi connectivity index (χ0) is 31.0. The molecule has 2 heteroatoms. The molecule has 0 N–H and O–H groups in total. The molecule has 2 nitrogen and oxygen atoms in total. The van der Waals surface area contributed by atoms with E-state index in [0.717, 1.165) is 55.1 Å². The number of hydrogen-bond acceptors (Lipinski definition) is 2. The molecule has 0 saturated carbocycles. The second kappa shape index (κ2) is 11.7. The van der Waals surface area contributed by atoms with Gasteiger partial charge in [0.15, 0.2) is 11.5 Å². The van der Waals surface area contributed by atoms with Gasteiger partial charge in [0.2, 0.25) is 0 Å². The Morgan fingerprint density at radius 3 is 1.67 bits per heavy atom. The summed E-state index contributed by atoms with van der Waals surface area (Å²) >= 11 is 0. The summed E-state index contributed by atoms with van der Waals surface area (Å²) in [5.41, 5.74) is 9.55. The second-order valence-corrected chi connectivity index (χ2v) is 12.5. The van der Waals surface area contributed by atoms with Gasteiger partial charge in [0.1, 0.15) is 11.5 Å². The highest BCUT2D eigenvalue weighted by Crippen LogP contribution is 2.60. The van der Waals surface area contributed by atoms with E-state index >= 15 is 0 Å². The number of rotatable bonds is 10. The minimum absolute atomic E-state index is 0.270. The van der Waals surface area contributed by atoms with Crippen molar-refractivity contribution in [2.45, 2.75) is 70.6 Å². The van der Waals surface area contributed by atoms with Crippen LogP contribution in [0.3, 0.4) is 0 Å². The predicted molar refractivity (Wildman–Crippen MR) is 187 cm³/mol. The van der Waals surface area contributed by atoms with Crippen LogP contribution in [0, 0.1) is 0 Å². The molecule has 0 bridgehead atoms. The zero-order valence-electron chi connectivity index (χ0n) is 26.9. The van der Waals surface area contributed by atoms with Crippen molar-refractivity contribution in [3.05, 3.63) is 155 Å². The molecule has 0 heterocycles. The van der Waals surface area contributed by atoms with Crippen LogP contribution in [0.25, 0.3) is 11.1 Å². The fourth-order valence-corrected chi connectivity index (χ4v) is 7.52. The number of fused-ring (bicyclic) bond motifs is 3. The van der Waals surface area contributed by atoms with E-state index in [0.29, 0.717) is 0 Å². The molecule has 226 valence electrons. The highest BCUT2D eigenvalue weighted by molar-refractivity contribution is 5.88. The quantitative estimate of drug-likeness (QED) is 0.161. The van der Waals surface area contributed by atoms with Crippen LogP contribution in [0.4, 0.5) is 0 Å². The van der Waals surface area contributed by atoms with Crippen molar-refractivity contribution in [2.75, 3.05) is 0 Å². The van der Waals surface area contributed by atoms with Crippen LogP contribution in [0.1, 0.15) is 73.9 Å². The van der Waals surface area contributed by atoms with Gasteiger partial charge in [-0.05, 0) is 83.3 Å². The number of benzene rings is 4. The number of ether oxygens (including phenoxy) is 2. The maximum atomic E-state index is 7.22. The van der Waals surface area contributed by atoms with E-state index in [9.17, 15) is 0 Å². The Morgan fingerprint density at radius 1 is 0.578 bits per heavy atom. The summed E-state index contributed by atoms with van der Waals surface area (Å²) in [5.74, 6) is 3.33. The summed E-state index contributed by atoms with van der Waals surface area (Å²) in [5, 5.41) is 0. The molecule has 0 radical (unpaired) electrons. The minimum atomic E-state index is -0.352. The number of allylic oxidation sites excluding steroid dienone is 8. The molecule has 0 atom stereocenters. The van der Waals surface area contributed by atoms with Gasteiger partial charge in [0.25, 0.3) is 0 Å². The summed E-state index contributed by atoms with van der Waals surface area (Å²) in [4.78, 5) is 0. The van der Waals surface area contributed by atoms with Crippen molar-refractivity contribution < 1.29 is 9.47 Å². The molecule has 3 aliphatic rings. The third-order valence-corrected chi connectivity index (χ3v) is 10.1. The van der Waals surface area contributed by atoms with Gasteiger partial charge in [-0.1, -0.05) is 125 Å². The maximum absolute atomic E-state index is 7.22. The van der Waals surface area contributed by atoms with E-state index < -0.39 is 0 Å². The Labute approximate surface area is 268 Å². The summed E-state index contributed by atoms with van der Waals surface area (Å²) in [6, 6.07) is 25.9. The van der Waals surface area contributed by atoms with Gasteiger partial charge in [-0.3, -0.25) is 0 Å². The second-order valence-electron chi connectivity index (χ2n) is 12.5. The average Bonchev–Trinajstić information content (AvgIpc) is 3.85. The molecule has 4 aromatic carbocycles. The van der Waals surface area contributed by atoms with Gasteiger partial charge in [0, 0.05) is 28.4 Å². The summed E-state index contributed by atoms with van der Waals surface area (Å²) < 4.78 is 14.3. The first-order valence-corrected chi connectivity index (χ1v) is 16.6. The number of aryl methyl sites for hydroxylation is 2. The standard InChI is InChI=1S/C43H42O2/c1-5-30-17-15-20-33(27-30)44-40-36-29-32-19-9-10-22-35(32)37(36)38(42(7-3)23-11-12-24-42)39(43(8-4)25-13-14-26-43)41(40)45-34-21-16-18-31(6-2)28-34/h9-28H,5-8,29H2,1-4H3. The largest absolute Gasteiger partial charge is 0.453 e. The molecule has 0 aliphatic heterocycles. The molecular weight excluding hydrogens is 548 g/mol. The maximum Gasteiger partial charge on any atom is 0.174 e. The molecule has 0 spiro atoms. The van der Waals surface area contributed by atoms with Crippen LogP contribution in [-0.4, -0.2) is 0 Å². The zero-order valence-corrected chi connectivity index (χ0v) is 26.9. The lowest BCUT2D eigenvalue weighted by Crippen LogP contribution is -2.29. The Kier molecular flexibility index (Phi) is 7.61. The third-order valence-electron chi connectivity index (χ3n) is 10.1. The van der Waals surface area contributed by atoms with Crippen LogP contribution in [0.5, 0.6) is 23.0 Å². The lowest BCUT2D eigenvalue weighted by molar-refractivity contribution is 0.402. The third kappa shape index (κ3) is 4.88. The van der Waals surface area contributed by atoms with Crippen molar-refractivity contribution in [2.24, 2.45) is 0 Å². The highest BCUT2D eigenvalue weighted by atomic mass is 16.5. The summed E-state index contributed by atoms with van der Waals surface area (Å²) in [7, 11) is 0. The average molecular weight is 591 g/mol. The van der Waals surface area contributed by atoms with E-state index in [-0.39, 0.29) is 10.8 Å². The minimum Gasteiger partial charge on any atom is -0.453 e. The lowest BCUT2D eigenvalue weighted by atomic mass is 9.66. The Bertz CT molecular complexity index is 1860. The molecule has 0 saturated heterocycles. The van der Waals surface area contributed by atoms with Gasteiger partial charge in [0.05, 0.1) is 0 Å². The molecule has 0 amide bonds. The van der Waals surface area contributed by atoms with Crippen molar-refractivity contribution in [3.8, 4) is 34.1 Å². The normalized spacial score (nSPS) is 16.3. The fraction of sp³-hybridized carbons (Fsp3) is 0.256. The van der Waals surface area contributed by atoms with Crippen LogP contribution in [0.2, 0.25) is 0 Å². The van der Waals surface area contributed by atoms with E-state index in [1.165, 1.54) is 44.5 Å². The fourth-order valence-electron chi connectivity index (χ4n) is 7.52. The molecule has 7 rings (SSSR count). The Balaban J connectivity index is 1.63. The smallest absolute Gasteiger partial charge is 0.174 e. The SMILES string of the molecule is CCc1cccc(Oc2c3c(c(C4(CC)C=CC=C4)c(C4(CC)C=CC=C4)c2Oc2cccc(CC)c2)-c2ccccc2C3)c1. The highest BCUT2D eigenvalue weighted by Gasteiger charge is 2.45. The van der Waals surface area contributed by atoms with E-state index in [1.807, 2.05) is 0 Å². The van der Waals surface area contributed by atoms with Gasteiger partial charge in [-0.2, -0.15) is 0 Å². The molecule has 0 unspecified atom stereocenters. The van der Waals surface area contributed by atoms with Crippen LogP contribution < -0.4 is 9.47 Å². The molecular formula is C43H42O2. The van der Waals surface area contributed by atoms with Crippen molar-refractivity contribution in [3.63, 3.8) is 0 Å². The molecule has 4 aromatic rings. The Morgan fingerprint density at radius 2 is 1.11 bits per heavy atom. The van der Waals surface area contributed by atoms with Crippen LogP contribution in [0.15, 0.2) is 121 Å². The van der Waals surface area contributed by atoms with Crippen LogP contribution in [-0.2, 0) is 30.1 Å². The molecule has 0 aromatic heterocycles. The summed E-state index contributed by atoms with van der Waals surface area (Å²) in [6.07, 6.45) is 22.9. The van der Waals surface area contributed by atoms with Crippen LogP contribution >= 0.6 is 0 Å². The lowest BCUT2D eigenvalue weighted by Gasteiger charge is -2.38. The van der Waals surface area contributed by atoms with E-state index in [1.54, 1.807) is 0 Å². The summed E-state index contributed by atoms with van der Waals surface area (Å²) in [6.45, 7) is 8.97. The van der Waals surface area contributed by atoms with E-state index in [4.69, 9.17) is 9.47 Å². The van der Waals surface area contributed by atoms with E-state index in [2.05, 4.69) is 149 Å². The first kappa shape index (κ1) is 29.2. The topological polar surface area (TPSA) is 18.5 Å². The monoisotopic (exact) mass is 590 g/mol. The first-order valence-electron chi connectivity index (χ1n) is 16.6. The van der Waals surface area contributed by atoms with Crippen molar-refractivity contribution in [1.82, 2.24) is 0 Å². The first-order chi connectivity index (χ1) is 22.0. The van der Waals surface area contributed by atoms with Gasteiger partial charge in [-0.25, -0.2) is 0 Å². The molecule has 45 heavy (non-hydrogen) atoms. The van der Waals surface area contributed by atoms with Gasteiger partial charge >= 0.3 is 0 Å². The Hall–Kier alpha value is -4.56. The molecule has 0 fully saturated rings. The van der Waals surface area contributed by atoms with Gasteiger partial charge in [-0.15, -0.1) is 0 Å². The number of hydrogen-bond donors (Lipinski definition) is 0. The predicted octanol–water partition coefficient (Wildman–Crippen LogP) is 11.5. The van der Waals surface area contributed by atoms with Crippen molar-refractivity contribution in [1.29, 1.82) is 0 Å². The van der Waals surface area contributed by atoms with Crippen molar-refractivity contribution >= 4 is 0 Å². The van der Waals surface area contributed by atoms with Gasteiger partial charge < -0.3 is 9.47 Å².